The minimum atomic E-state index is -0.769. The Morgan fingerprint density at radius 1 is 1.09 bits per heavy atom. The number of hydrogen-bond acceptors (Lipinski definition) is 10. The maximum atomic E-state index is 13.3. The van der Waals surface area contributed by atoms with E-state index in [1.54, 1.807) is 41.3 Å². The molecule has 0 radical (unpaired) electrons. The highest BCUT2D eigenvalue weighted by atomic mass is 35.5. The molecule has 12 nitrogen and oxygen atoms in total. The van der Waals surface area contributed by atoms with Gasteiger partial charge in [0.2, 0.25) is 5.91 Å². The van der Waals surface area contributed by atoms with E-state index in [1.807, 2.05) is 13.8 Å². The molecule has 2 atom stereocenters. The highest BCUT2D eigenvalue weighted by Crippen LogP contribution is 2.27. The van der Waals surface area contributed by atoms with Crippen molar-refractivity contribution in [3.63, 3.8) is 0 Å². The quantitative estimate of drug-likeness (QED) is 0.274. The smallest absolute Gasteiger partial charge is 0.414 e. The van der Waals surface area contributed by atoms with Gasteiger partial charge in [-0.1, -0.05) is 25.4 Å². The zero-order chi connectivity index (χ0) is 31.1. The van der Waals surface area contributed by atoms with Crippen molar-refractivity contribution >= 4 is 64.1 Å². The van der Waals surface area contributed by atoms with Gasteiger partial charge >= 0.3 is 12.1 Å². The summed E-state index contributed by atoms with van der Waals surface area (Å²) in [6.07, 6.45) is -0.583. The van der Waals surface area contributed by atoms with Gasteiger partial charge in [-0.2, -0.15) is 0 Å². The number of carbonyl (C=O) groups excluding carboxylic acids is 5. The molecule has 2 aliphatic heterocycles. The van der Waals surface area contributed by atoms with Crippen LogP contribution in [0.1, 0.15) is 42.8 Å². The Balaban J connectivity index is 1.37. The number of amides is 4. The topological polar surface area (TPSA) is 149 Å². The summed E-state index contributed by atoms with van der Waals surface area (Å²) in [5.74, 6) is -1.68. The molecule has 232 valence electrons. The summed E-state index contributed by atoms with van der Waals surface area (Å²) < 4.78 is 16.3. The molecular weight excluding hydrogens is 600 g/mol. The summed E-state index contributed by atoms with van der Waals surface area (Å²) in [5.41, 5.74) is 7.04. The van der Waals surface area contributed by atoms with Crippen LogP contribution in [0.3, 0.4) is 0 Å². The van der Waals surface area contributed by atoms with Crippen LogP contribution in [-0.4, -0.2) is 86.3 Å². The molecule has 0 aliphatic carbocycles. The van der Waals surface area contributed by atoms with Crippen molar-refractivity contribution in [1.82, 2.24) is 4.90 Å². The van der Waals surface area contributed by atoms with Crippen molar-refractivity contribution in [3.05, 3.63) is 45.6 Å². The lowest BCUT2D eigenvalue weighted by Crippen LogP contribution is -2.43. The van der Waals surface area contributed by atoms with Gasteiger partial charge in [0.15, 0.2) is 0 Å². The summed E-state index contributed by atoms with van der Waals surface area (Å²) >= 11 is 7.08. The third-order valence-electron chi connectivity index (χ3n) is 7.07. The first kappa shape index (κ1) is 32.4. The number of morpholine rings is 1. The molecule has 2 aromatic rings. The summed E-state index contributed by atoms with van der Waals surface area (Å²) in [6, 6.07) is 9.31. The molecule has 0 spiro atoms. The Kier molecular flexibility index (Phi) is 11.1. The second kappa shape index (κ2) is 14.8. The van der Waals surface area contributed by atoms with E-state index in [4.69, 9.17) is 31.5 Å². The number of benzene rings is 1. The predicted octanol–water partition coefficient (Wildman–Crippen LogP) is 3.46. The average molecular weight is 635 g/mol. The standard InChI is InChI=1S/C29H35ClN4O8S/c1-18(2)26(31)28(38)41-13-4-3-5-24(35)34(27(37)22-10-11-23(30)43-22)16-21-15-33(29(39)42-21)20-8-6-19(7-9-20)32-12-14-40-17-25(32)36/h6-11,18,21,26H,3-5,12-17,31H2,1-2H3/t21-,26+/m1/s1. The molecular formula is C29H35ClN4O8S. The van der Waals surface area contributed by atoms with Crippen LogP contribution in [0.25, 0.3) is 0 Å². The molecule has 0 bridgehead atoms. The van der Waals surface area contributed by atoms with Crippen molar-refractivity contribution in [2.45, 2.75) is 45.3 Å². The van der Waals surface area contributed by atoms with E-state index in [0.29, 0.717) is 41.7 Å². The lowest BCUT2D eigenvalue weighted by atomic mass is 10.1. The van der Waals surface area contributed by atoms with E-state index in [1.165, 1.54) is 4.90 Å². The fourth-order valence-corrected chi connectivity index (χ4v) is 5.54. The van der Waals surface area contributed by atoms with Crippen LogP contribution in [0.4, 0.5) is 16.2 Å². The van der Waals surface area contributed by atoms with Crippen LogP contribution >= 0.6 is 22.9 Å². The van der Waals surface area contributed by atoms with Gasteiger partial charge in [0, 0.05) is 24.3 Å². The van der Waals surface area contributed by atoms with Gasteiger partial charge in [0.25, 0.3) is 11.8 Å². The van der Waals surface area contributed by atoms with Gasteiger partial charge in [-0.15, -0.1) is 11.3 Å². The number of esters is 1. The summed E-state index contributed by atoms with van der Waals surface area (Å²) in [7, 11) is 0. The van der Waals surface area contributed by atoms with E-state index in [-0.39, 0.29) is 49.4 Å². The summed E-state index contributed by atoms with van der Waals surface area (Å²) in [6.45, 7) is 4.63. The first-order valence-corrected chi connectivity index (χ1v) is 15.2. The largest absolute Gasteiger partial charge is 0.465 e. The van der Waals surface area contributed by atoms with Crippen molar-refractivity contribution in [2.75, 3.05) is 49.3 Å². The van der Waals surface area contributed by atoms with Gasteiger partial charge in [-0.25, -0.2) is 4.79 Å². The lowest BCUT2D eigenvalue weighted by Gasteiger charge is -2.27. The van der Waals surface area contributed by atoms with Gasteiger partial charge in [0.1, 0.15) is 18.8 Å². The summed E-state index contributed by atoms with van der Waals surface area (Å²) in [4.78, 5) is 67.8. The molecule has 2 N–H and O–H groups in total. The van der Waals surface area contributed by atoms with Gasteiger partial charge in [0.05, 0.1) is 35.5 Å². The number of halogens is 1. The second-order valence-corrected chi connectivity index (χ2v) is 12.3. The normalized spacial score (nSPS) is 17.7. The van der Waals surface area contributed by atoms with Crippen LogP contribution in [0.2, 0.25) is 4.34 Å². The fourth-order valence-electron chi connectivity index (χ4n) is 4.55. The minimum Gasteiger partial charge on any atom is -0.465 e. The number of nitrogens with zero attached hydrogens (tertiary/aromatic N) is 3. The number of cyclic esters (lactones) is 1. The monoisotopic (exact) mass is 634 g/mol. The Morgan fingerprint density at radius 3 is 2.42 bits per heavy atom. The molecule has 3 heterocycles. The van der Waals surface area contributed by atoms with Gasteiger partial charge in [-0.05, 0) is 55.2 Å². The predicted molar refractivity (Wildman–Crippen MR) is 160 cm³/mol. The van der Waals surface area contributed by atoms with Crippen molar-refractivity contribution in [2.24, 2.45) is 11.7 Å². The van der Waals surface area contributed by atoms with E-state index >= 15 is 0 Å². The van der Waals surface area contributed by atoms with Gasteiger partial charge in [-0.3, -0.25) is 29.0 Å². The molecule has 43 heavy (non-hydrogen) atoms. The number of unbranched alkanes of at least 4 members (excludes halogenated alkanes) is 1. The Morgan fingerprint density at radius 2 is 1.79 bits per heavy atom. The fraction of sp³-hybridized carbons (Fsp3) is 0.483. The van der Waals surface area contributed by atoms with Crippen molar-refractivity contribution in [1.29, 1.82) is 0 Å². The Bertz CT molecular complexity index is 1330. The third-order valence-corrected chi connectivity index (χ3v) is 8.29. The first-order valence-electron chi connectivity index (χ1n) is 14.0. The zero-order valence-corrected chi connectivity index (χ0v) is 25.6. The molecule has 1 aromatic carbocycles. The third kappa shape index (κ3) is 8.31. The number of imide groups is 1. The van der Waals surface area contributed by atoms with E-state index in [9.17, 15) is 24.0 Å². The molecule has 0 unspecified atom stereocenters. The van der Waals surface area contributed by atoms with Crippen LogP contribution in [0.5, 0.6) is 0 Å². The van der Waals surface area contributed by atoms with E-state index < -0.39 is 36.0 Å². The number of anilines is 2. The summed E-state index contributed by atoms with van der Waals surface area (Å²) in [5, 5.41) is 0. The number of carbonyl (C=O) groups is 5. The molecule has 4 rings (SSSR count). The second-order valence-electron chi connectivity index (χ2n) is 10.5. The molecule has 14 heteroatoms. The van der Waals surface area contributed by atoms with E-state index in [0.717, 1.165) is 16.2 Å². The maximum absolute atomic E-state index is 13.3. The van der Waals surface area contributed by atoms with Gasteiger partial charge < -0.3 is 24.8 Å². The molecule has 2 fully saturated rings. The molecule has 2 aliphatic rings. The number of ether oxygens (including phenoxy) is 3. The maximum Gasteiger partial charge on any atom is 0.414 e. The lowest BCUT2D eigenvalue weighted by molar-refractivity contribution is -0.146. The van der Waals surface area contributed by atoms with Crippen molar-refractivity contribution < 1.29 is 38.2 Å². The minimum absolute atomic E-state index is 0.0186. The number of nitrogens with two attached hydrogens (primary N) is 1. The molecule has 1 aromatic heterocycles. The first-order chi connectivity index (χ1) is 20.5. The number of hydrogen-bond donors (Lipinski definition) is 1. The van der Waals surface area contributed by atoms with Crippen LogP contribution in [0, 0.1) is 5.92 Å². The molecule has 4 amide bonds. The van der Waals surface area contributed by atoms with E-state index in [2.05, 4.69) is 0 Å². The zero-order valence-electron chi connectivity index (χ0n) is 24.0. The Labute approximate surface area is 258 Å². The molecule has 2 saturated heterocycles. The average Bonchev–Trinajstić information content (AvgIpc) is 3.59. The SMILES string of the molecule is CC(C)[C@H](N)C(=O)OCCCCC(=O)N(C[C@H]1CN(c2ccc(N3CCOCC3=O)cc2)C(=O)O1)C(=O)c1ccc(Cl)s1. The highest BCUT2D eigenvalue weighted by molar-refractivity contribution is 7.18. The van der Waals surface area contributed by atoms with Crippen LogP contribution < -0.4 is 15.5 Å². The molecule has 0 saturated carbocycles. The highest BCUT2D eigenvalue weighted by Gasteiger charge is 2.36. The van der Waals surface area contributed by atoms with Crippen molar-refractivity contribution in [3.8, 4) is 0 Å². The number of thiophene rings is 1. The Hall–Kier alpha value is -3.52. The van der Waals surface area contributed by atoms with Crippen LogP contribution in [0.15, 0.2) is 36.4 Å². The van der Waals surface area contributed by atoms with Crippen LogP contribution in [-0.2, 0) is 28.6 Å². The number of rotatable bonds is 12.